The van der Waals surface area contributed by atoms with E-state index >= 15 is 0 Å². The quantitative estimate of drug-likeness (QED) is 0.861. The van der Waals surface area contributed by atoms with Gasteiger partial charge in [0.25, 0.3) is 0 Å². The number of aliphatic carboxylic acids is 1. The molecule has 0 aliphatic carbocycles. The van der Waals surface area contributed by atoms with Crippen molar-refractivity contribution >= 4 is 33.6 Å². The molecule has 6 heteroatoms. The highest BCUT2D eigenvalue weighted by Gasteiger charge is 2.15. The number of nitrogens with zero attached hydrogens (tertiary/aromatic N) is 1. The Hall–Kier alpha value is -1.56. The number of carbonyl (C=O) groups excluding carboxylic acids is 1. The number of rotatable bonds is 5. The van der Waals surface area contributed by atoms with Crippen LogP contribution in [0.4, 0.5) is 10.5 Å². The summed E-state index contributed by atoms with van der Waals surface area (Å²) in [4.78, 5) is 24.2. The van der Waals surface area contributed by atoms with Crippen LogP contribution in [0.15, 0.2) is 16.6 Å². The van der Waals surface area contributed by atoms with E-state index in [-0.39, 0.29) is 19.0 Å². The van der Waals surface area contributed by atoms with Crippen LogP contribution in [0, 0.1) is 13.8 Å². The molecule has 20 heavy (non-hydrogen) atoms. The second kappa shape index (κ2) is 7.28. The summed E-state index contributed by atoms with van der Waals surface area (Å²) in [6.45, 7) is 6.37. The van der Waals surface area contributed by atoms with Crippen LogP contribution in [0.2, 0.25) is 0 Å². The molecule has 0 unspecified atom stereocenters. The predicted octanol–water partition coefficient (Wildman–Crippen LogP) is 3.39. The SMILES string of the molecule is CCN(CCC(=O)O)C(=O)Nc1c(C)cc(C)cc1Br. The lowest BCUT2D eigenvalue weighted by molar-refractivity contribution is -0.137. The zero-order valence-electron chi connectivity index (χ0n) is 11.9. The number of hydrogen-bond acceptors (Lipinski definition) is 2. The Morgan fingerprint density at radius 3 is 2.50 bits per heavy atom. The molecule has 1 aromatic rings. The number of benzene rings is 1. The van der Waals surface area contributed by atoms with E-state index in [9.17, 15) is 9.59 Å². The van der Waals surface area contributed by atoms with Crippen LogP contribution in [0.1, 0.15) is 24.5 Å². The molecule has 0 radical (unpaired) electrons. The second-order valence-electron chi connectivity index (χ2n) is 4.59. The molecule has 0 aliphatic rings. The minimum absolute atomic E-state index is 0.0602. The number of carboxylic acids is 1. The van der Waals surface area contributed by atoms with Gasteiger partial charge in [-0.3, -0.25) is 4.79 Å². The first-order chi connectivity index (χ1) is 9.35. The maximum Gasteiger partial charge on any atom is 0.321 e. The lowest BCUT2D eigenvalue weighted by atomic mass is 10.1. The highest BCUT2D eigenvalue weighted by Crippen LogP contribution is 2.28. The van der Waals surface area contributed by atoms with Gasteiger partial charge < -0.3 is 15.3 Å². The molecule has 0 fully saturated rings. The van der Waals surface area contributed by atoms with Crippen molar-refractivity contribution < 1.29 is 14.7 Å². The molecule has 0 heterocycles. The molecule has 1 aromatic carbocycles. The summed E-state index contributed by atoms with van der Waals surface area (Å²) in [5.41, 5.74) is 2.78. The molecule has 0 atom stereocenters. The number of carbonyl (C=O) groups is 2. The van der Waals surface area contributed by atoms with Crippen molar-refractivity contribution in [3.63, 3.8) is 0 Å². The number of amides is 2. The van der Waals surface area contributed by atoms with Gasteiger partial charge in [0, 0.05) is 17.6 Å². The third-order valence-corrected chi connectivity index (χ3v) is 3.55. The Morgan fingerprint density at radius 1 is 1.35 bits per heavy atom. The predicted molar refractivity (Wildman–Crippen MR) is 82.1 cm³/mol. The van der Waals surface area contributed by atoms with Gasteiger partial charge in [-0.15, -0.1) is 0 Å². The number of hydrogen-bond donors (Lipinski definition) is 2. The highest BCUT2D eigenvalue weighted by atomic mass is 79.9. The second-order valence-corrected chi connectivity index (χ2v) is 5.45. The number of nitrogens with one attached hydrogen (secondary N) is 1. The van der Waals surface area contributed by atoms with Crippen molar-refractivity contribution in [2.75, 3.05) is 18.4 Å². The Bertz CT molecular complexity index is 494. The van der Waals surface area contributed by atoms with Crippen LogP contribution in [0.5, 0.6) is 0 Å². The van der Waals surface area contributed by atoms with E-state index in [1.54, 1.807) is 0 Å². The van der Waals surface area contributed by atoms with E-state index in [2.05, 4.69) is 21.2 Å². The van der Waals surface area contributed by atoms with Gasteiger partial charge >= 0.3 is 12.0 Å². The van der Waals surface area contributed by atoms with Crippen LogP contribution >= 0.6 is 15.9 Å². The molecule has 0 aromatic heterocycles. The minimum Gasteiger partial charge on any atom is -0.481 e. The third kappa shape index (κ3) is 4.52. The Labute approximate surface area is 127 Å². The molecular weight excluding hydrogens is 324 g/mol. The first-order valence-electron chi connectivity index (χ1n) is 6.39. The number of carboxylic acid groups (broad SMARTS) is 1. The van der Waals surface area contributed by atoms with Gasteiger partial charge in [-0.1, -0.05) is 6.07 Å². The van der Waals surface area contributed by atoms with Gasteiger partial charge in [0.2, 0.25) is 0 Å². The molecule has 0 aliphatic heterocycles. The Morgan fingerprint density at radius 2 is 2.00 bits per heavy atom. The van der Waals surface area contributed by atoms with E-state index < -0.39 is 5.97 Å². The largest absolute Gasteiger partial charge is 0.481 e. The molecule has 0 bridgehead atoms. The van der Waals surface area contributed by atoms with Crippen molar-refractivity contribution in [3.8, 4) is 0 Å². The lowest BCUT2D eigenvalue weighted by Gasteiger charge is -2.22. The normalized spacial score (nSPS) is 10.2. The monoisotopic (exact) mass is 342 g/mol. The fourth-order valence-corrected chi connectivity index (χ4v) is 2.67. The summed E-state index contributed by atoms with van der Waals surface area (Å²) in [6.07, 6.45) is -0.0602. The van der Waals surface area contributed by atoms with Crippen molar-refractivity contribution in [1.29, 1.82) is 0 Å². The lowest BCUT2D eigenvalue weighted by Crippen LogP contribution is -2.36. The Kier molecular flexibility index (Phi) is 6.01. The summed E-state index contributed by atoms with van der Waals surface area (Å²) < 4.78 is 0.817. The minimum atomic E-state index is -0.913. The molecule has 0 saturated carbocycles. The van der Waals surface area contributed by atoms with Gasteiger partial charge in [-0.05, 0) is 53.9 Å². The number of aryl methyl sites for hydroxylation is 2. The standard InChI is InChI=1S/C14H19BrN2O3/c1-4-17(6-5-12(18)19)14(20)16-13-10(3)7-9(2)8-11(13)15/h7-8H,4-6H2,1-3H3,(H,16,20)(H,18,19). The fourth-order valence-electron chi connectivity index (χ4n) is 1.89. The van der Waals surface area contributed by atoms with Gasteiger partial charge in [0.05, 0.1) is 12.1 Å². The molecule has 5 nitrogen and oxygen atoms in total. The van der Waals surface area contributed by atoms with Gasteiger partial charge in [0.15, 0.2) is 0 Å². The third-order valence-electron chi connectivity index (χ3n) is 2.93. The van der Waals surface area contributed by atoms with E-state index in [1.807, 2.05) is 32.9 Å². The fraction of sp³-hybridized carbons (Fsp3) is 0.429. The molecule has 2 N–H and O–H groups in total. The molecule has 0 spiro atoms. The molecule has 0 saturated heterocycles. The van der Waals surface area contributed by atoms with Crippen molar-refractivity contribution in [3.05, 3.63) is 27.7 Å². The maximum atomic E-state index is 12.1. The zero-order valence-corrected chi connectivity index (χ0v) is 13.5. The number of urea groups is 1. The average molecular weight is 343 g/mol. The first-order valence-corrected chi connectivity index (χ1v) is 7.19. The zero-order chi connectivity index (χ0) is 15.3. The van der Waals surface area contributed by atoms with Crippen molar-refractivity contribution in [2.24, 2.45) is 0 Å². The number of halogens is 1. The topological polar surface area (TPSA) is 69.6 Å². The van der Waals surface area contributed by atoms with E-state index in [4.69, 9.17) is 5.11 Å². The summed E-state index contributed by atoms with van der Waals surface area (Å²) in [5, 5.41) is 11.5. The summed E-state index contributed by atoms with van der Waals surface area (Å²) >= 11 is 3.43. The molecular formula is C14H19BrN2O3. The summed E-state index contributed by atoms with van der Waals surface area (Å²) in [7, 11) is 0. The van der Waals surface area contributed by atoms with Crippen LogP contribution in [-0.2, 0) is 4.79 Å². The van der Waals surface area contributed by atoms with Crippen molar-refractivity contribution in [1.82, 2.24) is 4.90 Å². The summed E-state index contributed by atoms with van der Waals surface area (Å²) in [5.74, 6) is -0.913. The smallest absolute Gasteiger partial charge is 0.321 e. The van der Waals surface area contributed by atoms with E-state index in [0.717, 1.165) is 21.3 Å². The highest BCUT2D eigenvalue weighted by molar-refractivity contribution is 9.10. The molecule has 1 rings (SSSR count). The van der Waals surface area contributed by atoms with E-state index in [1.165, 1.54) is 4.90 Å². The van der Waals surface area contributed by atoms with E-state index in [0.29, 0.717) is 6.54 Å². The van der Waals surface area contributed by atoms with Crippen molar-refractivity contribution in [2.45, 2.75) is 27.2 Å². The van der Waals surface area contributed by atoms with Crippen LogP contribution in [-0.4, -0.2) is 35.1 Å². The van der Waals surface area contributed by atoms with Gasteiger partial charge in [-0.2, -0.15) is 0 Å². The average Bonchev–Trinajstić information content (AvgIpc) is 2.34. The molecule has 2 amide bonds. The first kappa shape index (κ1) is 16.5. The van der Waals surface area contributed by atoms with Crippen LogP contribution in [0.3, 0.4) is 0 Å². The van der Waals surface area contributed by atoms with Crippen LogP contribution in [0.25, 0.3) is 0 Å². The Balaban J connectivity index is 2.81. The maximum absolute atomic E-state index is 12.1. The van der Waals surface area contributed by atoms with Gasteiger partial charge in [0.1, 0.15) is 0 Å². The summed E-state index contributed by atoms with van der Waals surface area (Å²) in [6, 6.07) is 3.62. The van der Waals surface area contributed by atoms with Crippen LogP contribution < -0.4 is 5.32 Å². The number of anilines is 1. The molecule has 110 valence electrons. The van der Waals surface area contributed by atoms with Gasteiger partial charge in [-0.25, -0.2) is 4.79 Å².